The Hall–Kier alpha value is -2.79. The van der Waals surface area contributed by atoms with Crippen LogP contribution in [0.1, 0.15) is 18.2 Å². The molecule has 1 heterocycles. The number of aryl methyl sites for hydroxylation is 1. The van der Waals surface area contributed by atoms with Crippen molar-refractivity contribution in [2.24, 2.45) is 0 Å². The molecule has 5 heteroatoms. The highest BCUT2D eigenvalue weighted by Crippen LogP contribution is 2.20. The van der Waals surface area contributed by atoms with Crippen LogP contribution in [0.3, 0.4) is 0 Å². The van der Waals surface area contributed by atoms with E-state index in [9.17, 15) is 4.79 Å². The molecule has 3 rings (SSSR count). The summed E-state index contributed by atoms with van der Waals surface area (Å²) in [6.07, 6.45) is -0.650. The minimum Gasteiger partial charge on any atom is -0.481 e. The summed E-state index contributed by atoms with van der Waals surface area (Å²) in [4.78, 5) is 15.6. The zero-order chi connectivity index (χ0) is 17.1. The highest BCUT2D eigenvalue weighted by molar-refractivity contribution is 5.96. The van der Waals surface area contributed by atoms with Crippen LogP contribution in [0.4, 0.5) is 5.69 Å². The Morgan fingerprint density at radius 3 is 2.88 bits per heavy atom. The number of hydrogen-bond donors (Lipinski definition) is 3. The molecule has 0 bridgehead atoms. The largest absolute Gasteiger partial charge is 0.481 e. The number of carbonyl (C=O) groups is 1. The monoisotopic (exact) mass is 324 g/mol. The molecule has 0 radical (unpaired) electrons. The number of aliphatic hydroxyl groups is 1. The van der Waals surface area contributed by atoms with Crippen LogP contribution < -0.4 is 10.1 Å². The van der Waals surface area contributed by atoms with E-state index in [-0.39, 0.29) is 12.5 Å². The SMILES string of the molecule is Cc1cc2cc(NC(=O)C(C)Oc3cccc(CO)c3)ccc2[nH]1. The fourth-order valence-electron chi connectivity index (χ4n) is 2.57. The summed E-state index contributed by atoms with van der Waals surface area (Å²) in [5, 5.41) is 13.1. The number of fused-ring (bicyclic) bond motifs is 1. The zero-order valence-electron chi connectivity index (χ0n) is 13.7. The first-order valence-electron chi connectivity index (χ1n) is 7.82. The second-order valence-electron chi connectivity index (χ2n) is 5.81. The maximum Gasteiger partial charge on any atom is 0.265 e. The van der Waals surface area contributed by atoms with E-state index in [1.54, 1.807) is 31.2 Å². The third-order valence-corrected chi connectivity index (χ3v) is 3.79. The molecule has 0 saturated carbocycles. The molecule has 3 aromatic rings. The molecule has 0 aliphatic heterocycles. The zero-order valence-corrected chi connectivity index (χ0v) is 13.7. The van der Waals surface area contributed by atoms with E-state index in [0.29, 0.717) is 5.75 Å². The van der Waals surface area contributed by atoms with Crippen LogP contribution in [0.25, 0.3) is 10.9 Å². The van der Waals surface area contributed by atoms with Gasteiger partial charge in [-0.15, -0.1) is 0 Å². The first-order chi connectivity index (χ1) is 11.5. The molecule has 0 spiro atoms. The van der Waals surface area contributed by atoms with Gasteiger partial charge in [-0.05, 0) is 55.8 Å². The first-order valence-corrected chi connectivity index (χ1v) is 7.82. The topological polar surface area (TPSA) is 74.3 Å². The number of amides is 1. The summed E-state index contributed by atoms with van der Waals surface area (Å²) in [5.74, 6) is 0.330. The second-order valence-corrected chi connectivity index (χ2v) is 5.81. The van der Waals surface area contributed by atoms with Crippen molar-refractivity contribution in [2.45, 2.75) is 26.6 Å². The first kappa shape index (κ1) is 16.1. The molecule has 0 aliphatic rings. The van der Waals surface area contributed by atoms with E-state index < -0.39 is 6.10 Å². The summed E-state index contributed by atoms with van der Waals surface area (Å²) in [7, 11) is 0. The van der Waals surface area contributed by atoms with Gasteiger partial charge >= 0.3 is 0 Å². The lowest BCUT2D eigenvalue weighted by atomic mass is 10.2. The van der Waals surface area contributed by atoms with E-state index in [1.807, 2.05) is 31.2 Å². The molecule has 124 valence electrons. The van der Waals surface area contributed by atoms with Gasteiger partial charge in [0.25, 0.3) is 5.91 Å². The van der Waals surface area contributed by atoms with Crippen LogP contribution >= 0.6 is 0 Å². The van der Waals surface area contributed by atoms with E-state index in [1.165, 1.54) is 0 Å². The summed E-state index contributed by atoms with van der Waals surface area (Å²) in [5.41, 5.74) is 3.59. The van der Waals surface area contributed by atoms with Gasteiger partial charge in [-0.2, -0.15) is 0 Å². The van der Waals surface area contributed by atoms with Crippen molar-refractivity contribution in [3.05, 3.63) is 59.8 Å². The Morgan fingerprint density at radius 2 is 2.08 bits per heavy atom. The summed E-state index contributed by atoms with van der Waals surface area (Å²) in [6, 6.07) is 14.8. The second kappa shape index (κ2) is 6.76. The number of benzene rings is 2. The van der Waals surface area contributed by atoms with Gasteiger partial charge < -0.3 is 20.1 Å². The van der Waals surface area contributed by atoms with E-state index >= 15 is 0 Å². The van der Waals surface area contributed by atoms with Crippen molar-refractivity contribution in [1.29, 1.82) is 0 Å². The molecule has 1 amide bonds. The normalized spacial score (nSPS) is 12.1. The number of rotatable bonds is 5. The Kier molecular flexibility index (Phi) is 4.53. The fourth-order valence-corrected chi connectivity index (χ4v) is 2.57. The molecule has 5 nitrogen and oxygen atoms in total. The number of aliphatic hydroxyl groups excluding tert-OH is 1. The lowest BCUT2D eigenvalue weighted by Gasteiger charge is -2.15. The van der Waals surface area contributed by atoms with Gasteiger partial charge in [-0.3, -0.25) is 4.79 Å². The maximum atomic E-state index is 12.3. The van der Waals surface area contributed by atoms with Crippen molar-refractivity contribution < 1.29 is 14.6 Å². The molecule has 2 aromatic carbocycles. The van der Waals surface area contributed by atoms with E-state index in [0.717, 1.165) is 27.8 Å². The van der Waals surface area contributed by atoms with Crippen molar-refractivity contribution >= 4 is 22.5 Å². The van der Waals surface area contributed by atoms with Gasteiger partial charge in [0.2, 0.25) is 0 Å². The minimum absolute atomic E-state index is 0.0616. The summed E-state index contributed by atoms with van der Waals surface area (Å²) >= 11 is 0. The Bertz CT molecular complexity index is 870. The standard InChI is InChI=1S/C19H20N2O3/c1-12-8-15-10-16(6-7-18(15)20-12)21-19(23)13(2)24-17-5-3-4-14(9-17)11-22/h3-10,13,20,22H,11H2,1-2H3,(H,21,23). The van der Waals surface area contributed by atoms with Gasteiger partial charge in [0.1, 0.15) is 5.75 Å². The molecular weight excluding hydrogens is 304 g/mol. The van der Waals surface area contributed by atoms with Crippen molar-refractivity contribution in [2.75, 3.05) is 5.32 Å². The number of ether oxygens (including phenoxy) is 1. The number of aromatic nitrogens is 1. The minimum atomic E-state index is -0.650. The molecular formula is C19H20N2O3. The number of nitrogens with one attached hydrogen (secondary N) is 2. The van der Waals surface area contributed by atoms with Crippen molar-refractivity contribution in [1.82, 2.24) is 4.98 Å². The molecule has 3 N–H and O–H groups in total. The molecule has 1 aromatic heterocycles. The molecule has 24 heavy (non-hydrogen) atoms. The predicted molar refractivity (Wildman–Crippen MR) is 94.1 cm³/mol. The van der Waals surface area contributed by atoms with Gasteiger partial charge in [0.05, 0.1) is 6.61 Å². The Labute approximate surface area is 140 Å². The van der Waals surface area contributed by atoms with Gasteiger partial charge in [-0.25, -0.2) is 0 Å². The van der Waals surface area contributed by atoms with Crippen molar-refractivity contribution in [3.8, 4) is 5.75 Å². The third kappa shape index (κ3) is 3.58. The fraction of sp³-hybridized carbons (Fsp3) is 0.211. The highest BCUT2D eigenvalue weighted by atomic mass is 16.5. The van der Waals surface area contributed by atoms with Crippen LogP contribution in [0.2, 0.25) is 0 Å². The lowest BCUT2D eigenvalue weighted by Crippen LogP contribution is -2.30. The Morgan fingerprint density at radius 1 is 1.25 bits per heavy atom. The molecule has 0 saturated heterocycles. The Balaban J connectivity index is 1.68. The van der Waals surface area contributed by atoms with Crippen LogP contribution in [0.5, 0.6) is 5.75 Å². The predicted octanol–water partition coefficient (Wildman–Crippen LogP) is 3.37. The van der Waals surface area contributed by atoms with Crippen molar-refractivity contribution in [3.63, 3.8) is 0 Å². The molecule has 1 atom stereocenters. The van der Waals surface area contributed by atoms with Gasteiger partial charge in [0.15, 0.2) is 6.10 Å². The lowest BCUT2D eigenvalue weighted by molar-refractivity contribution is -0.122. The maximum absolute atomic E-state index is 12.3. The number of hydrogen-bond acceptors (Lipinski definition) is 3. The summed E-state index contributed by atoms with van der Waals surface area (Å²) < 4.78 is 5.65. The molecule has 1 unspecified atom stereocenters. The highest BCUT2D eigenvalue weighted by Gasteiger charge is 2.15. The van der Waals surface area contributed by atoms with Gasteiger partial charge in [0, 0.05) is 22.3 Å². The summed E-state index contributed by atoms with van der Waals surface area (Å²) in [6.45, 7) is 3.63. The quantitative estimate of drug-likeness (QED) is 0.673. The average Bonchev–Trinajstić information content (AvgIpc) is 2.94. The van der Waals surface area contributed by atoms with E-state index in [4.69, 9.17) is 9.84 Å². The van der Waals surface area contributed by atoms with Crippen LogP contribution in [0.15, 0.2) is 48.5 Å². The van der Waals surface area contributed by atoms with E-state index in [2.05, 4.69) is 10.3 Å². The van der Waals surface area contributed by atoms with Crippen LogP contribution in [0, 0.1) is 6.92 Å². The third-order valence-electron chi connectivity index (χ3n) is 3.79. The number of aromatic amines is 1. The van der Waals surface area contributed by atoms with Crippen LogP contribution in [-0.4, -0.2) is 22.1 Å². The number of H-pyrrole nitrogens is 1. The van der Waals surface area contributed by atoms with Crippen LogP contribution in [-0.2, 0) is 11.4 Å². The molecule has 0 fully saturated rings. The number of carbonyl (C=O) groups excluding carboxylic acids is 1. The smallest absolute Gasteiger partial charge is 0.265 e. The van der Waals surface area contributed by atoms with Gasteiger partial charge in [-0.1, -0.05) is 12.1 Å². The molecule has 0 aliphatic carbocycles. The number of anilines is 1. The average molecular weight is 324 g/mol.